The van der Waals surface area contributed by atoms with Gasteiger partial charge in [-0.2, -0.15) is 0 Å². The van der Waals surface area contributed by atoms with Gasteiger partial charge >= 0.3 is 0 Å². The van der Waals surface area contributed by atoms with Gasteiger partial charge in [-0.1, -0.05) is 13.8 Å². The van der Waals surface area contributed by atoms with Crippen molar-refractivity contribution in [3.8, 4) is 10.8 Å². The highest BCUT2D eigenvalue weighted by molar-refractivity contribution is 7.13. The SMILES string of the molecule is CC(C)C(CNC(=O)c1csc(-c2ccco2)n1)N1CCOCC1. The maximum atomic E-state index is 12.4. The van der Waals surface area contributed by atoms with Gasteiger partial charge in [0, 0.05) is 31.1 Å². The quantitative estimate of drug-likeness (QED) is 0.868. The number of amides is 1. The van der Waals surface area contributed by atoms with Gasteiger partial charge in [-0.05, 0) is 18.1 Å². The van der Waals surface area contributed by atoms with E-state index in [9.17, 15) is 4.79 Å². The fourth-order valence-electron chi connectivity index (χ4n) is 2.87. The van der Waals surface area contributed by atoms with E-state index in [0.717, 1.165) is 31.3 Å². The lowest BCUT2D eigenvalue weighted by Crippen LogP contribution is -2.51. The molecule has 0 aliphatic carbocycles. The van der Waals surface area contributed by atoms with Gasteiger partial charge in [-0.15, -0.1) is 11.3 Å². The molecule has 1 N–H and O–H groups in total. The number of nitrogens with one attached hydrogen (secondary N) is 1. The van der Waals surface area contributed by atoms with Crippen molar-refractivity contribution >= 4 is 17.2 Å². The molecule has 1 unspecified atom stereocenters. The van der Waals surface area contributed by atoms with E-state index in [4.69, 9.17) is 9.15 Å². The largest absolute Gasteiger partial charge is 0.462 e. The molecule has 1 aliphatic heterocycles. The lowest BCUT2D eigenvalue weighted by atomic mass is 10.0. The first-order valence-corrected chi connectivity index (χ1v) is 9.12. The van der Waals surface area contributed by atoms with Gasteiger partial charge in [0.1, 0.15) is 5.69 Å². The van der Waals surface area contributed by atoms with Crippen LogP contribution < -0.4 is 5.32 Å². The Morgan fingerprint density at radius 1 is 1.42 bits per heavy atom. The zero-order valence-corrected chi connectivity index (χ0v) is 14.8. The molecule has 0 saturated carbocycles. The summed E-state index contributed by atoms with van der Waals surface area (Å²) in [5, 5.41) is 5.52. The molecule has 130 valence electrons. The third-order valence-corrected chi connectivity index (χ3v) is 5.08. The van der Waals surface area contributed by atoms with Gasteiger partial charge in [0.25, 0.3) is 5.91 Å². The Labute approximate surface area is 145 Å². The maximum Gasteiger partial charge on any atom is 0.270 e. The minimum atomic E-state index is -0.136. The van der Waals surface area contributed by atoms with Crippen LogP contribution in [-0.4, -0.2) is 54.7 Å². The molecule has 7 heteroatoms. The lowest BCUT2D eigenvalue weighted by Gasteiger charge is -2.36. The van der Waals surface area contributed by atoms with Crippen LogP contribution in [0, 0.1) is 5.92 Å². The predicted molar refractivity (Wildman–Crippen MR) is 93.2 cm³/mol. The first-order valence-electron chi connectivity index (χ1n) is 8.24. The van der Waals surface area contributed by atoms with Crippen LogP contribution in [0.15, 0.2) is 28.2 Å². The molecule has 2 aromatic heterocycles. The van der Waals surface area contributed by atoms with E-state index in [-0.39, 0.29) is 5.91 Å². The Kier molecular flexibility index (Phi) is 5.65. The van der Waals surface area contributed by atoms with Crippen molar-refractivity contribution in [1.29, 1.82) is 0 Å². The van der Waals surface area contributed by atoms with E-state index in [1.807, 2.05) is 12.1 Å². The second-order valence-corrected chi connectivity index (χ2v) is 7.04. The van der Waals surface area contributed by atoms with Crippen molar-refractivity contribution in [1.82, 2.24) is 15.2 Å². The number of morpholine rings is 1. The van der Waals surface area contributed by atoms with Crippen molar-refractivity contribution in [2.75, 3.05) is 32.8 Å². The second kappa shape index (κ2) is 7.92. The number of ether oxygens (including phenoxy) is 1. The van der Waals surface area contributed by atoms with E-state index in [1.54, 1.807) is 11.6 Å². The number of hydrogen-bond donors (Lipinski definition) is 1. The second-order valence-electron chi connectivity index (χ2n) is 6.18. The van der Waals surface area contributed by atoms with Crippen molar-refractivity contribution in [2.24, 2.45) is 5.92 Å². The van der Waals surface area contributed by atoms with E-state index in [1.165, 1.54) is 11.3 Å². The Hall–Kier alpha value is -1.70. The molecule has 24 heavy (non-hydrogen) atoms. The van der Waals surface area contributed by atoms with Gasteiger partial charge in [0.2, 0.25) is 0 Å². The fraction of sp³-hybridized carbons (Fsp3) is 0.529. The highest BCUT2D eigenvalue weighted by Crippen LogP contribution is 2.23. The number of furan rings is 1. The molecule has 0 aromatic carbocycles. The minimum Gasteiger partial charge on any atom is -0.462 e. The molecule has 0 bridgehead atoms. The number of aromatic nitrogens is 1. The molecular formula is C17H23N3O3S. The van der Waals surface area contributed by atoms with Crippen molar-refractivity contribution < 1.29 is 13.9 Å². The molecule has 1 saturated heterocycles. The number of hydrogen-bond acceptors (Lipinski definition) is 6. The van der Waals surface area contributed by atoms with Gasteiger partial charge < -0.3 is 14.5 Å². The van der Waals surface area contributed by atoms with Gasteiger partial charge in [-0.25, -0.2) is 4.98 Å². The van der Waals surface area contributed by atoms with Crippen molar-refractivity contribution in [3.05, 3.63) is 29.5 Å². The van der Waals surface area contributed by atoms with Gasteiger partial charge in [0.15, 0.2) is 10.8 Å². The van der Waals surface area contributed by atoms with Crippen LogP contribution in [-0.2, 0) is 4.74 Å². The lowest BCUT2D eigenvalue weighted by molar-refractivity contribution is 0.00671. The number of nitrogens with zero attached hydrogens (tertiary/aromatic N) is 2. The minimum absolute atomic E-state index is 0.136. The summed E-state index contributed by atoms with van der Waals surface area (Å²) in [4.78, 5) is 19.2. The summed E-state index contributed by atoms with van der Waals surface area (Å²) in [6.45, 7) is 8.33. The number of rotatable bonds is 6. The van der Waals surface area contributed by atoms with Gasteiger partial charge in [0.05, 0.1) is 19.5 Å². The number of thiazole rings is 1. The highest BCUT2D eigenvalue weighted by Gasteiger charge is 2.24. The zero-order valence-electron chi connectivity index (χ0n) is 14.0. The average Bonchev–Trinajstić information content (AvgIpc) is 3.27. The van der Waals surface area contributed by atoms with Crippen LogP contribution in [0.2, 0.25) is 0 Å². The van der Waals surface area contributed by atoms with Crippen LogP contribution in [0.3, 0.4) is 0 Å². The summed E-state index contributed by atoms with van der Waals surface area (Å²) in [5.74, 6) is 1.01. The molecule has 2 aromatic rings. The normalized spacial score (nSPS) is 17.1. The molecule has 0 radical (unpaired) electrons. The van der Waals surface area contributed by atoms with Crippen molar-refractivity contribution in [3.63, 3.8) is 0 Å². The summed E-state index contributed by atoms with van der Waals surface area (Å²) < 4.78 is 10.7. The van der Waals surface area contributed by atoms with Crippen molar-refractivity contribution in [2.45, 2.75) is 19.9 Å². The van der Waals surface area contributed by atoms with Crippen LogP contribution in [0.1, 0.15) is 24.3 Å². The molecule has 1 amide bonds. The Morgan fingerprint density at radius 2 is 2.21 bits per heavy atom. The Morgan fingerprint density at radius 3 is 2.88 bits per heavy atom. The van der Waals surface area contributed by atoms with Crippen LogP contribution in [0.5, 0.6) is 0 Å². The molecule has 1 fully saturated rings. The highest BCUT2D eigenvalue weighted by atomic mass is 32.1. The zero-order chi connectivity index (χ0) is 16.9. The first kappa shape index (κ1) is 17.1. The molecule has 3 rings (SSSR count). The third kappa shape index (κ3) is 4.03. The monoisotopic (exact) mass is 349 g/mol. The Balaban J connectivity index is 1.59. The first-order chi connectivity index (χ1) is 11.6. The topological polar surface area (TPSA) is 67.6 Å². The fourth-order valence-corrected chi connectivity index (χ4v) is 3.64. The summed E-state index contributed by atoms with van der Waals surface area (Å²) >= 11 is 1.41. The van der Waals surface area contributed by atoms with E-state index < -0.39 is 0 Å². The third-order valence-electron chi connectivity index (χ3n) is 4.22. The molecule has 3 heterocycles. The standard InChI is InChI=1S/C17H23N3O3S/c1-12(2)14(20-5-8-22-9-6-20)10-18-16(21)13-11-24-17(19-13)15-4-3-7-23-15/h3-4,7,11-12,14H,5-6,8-10H2,1-2H3,(H,18,21). The van der Waals surface area contributed by atoms with E-state index in [0.29, 0.717) is 30.0 Å². The predicted octanol–water partition coefficient (Wildman–Crippen LogP) is 2.49. The number of carbonyl (C=O) groups excluding carboxylic acids is 1. The summed E-state index contributed by atoms with van der Waals surface area (Å²) in [6, 6.07) is 3.96. The molecule has 6 nitrogen and oxygen atoms in total. The molecule has 0 spiro atoms. The summed E-state index contributed by atoms with van der Waals surface area (Å²) in [6.07, 6.45) is 1.60. The smallest absolute Gasteiger partial charge is 0.270 e. The molecular weight excluding hydrogens is 326 g/mol. The molecule has 1 aliphatic rings. The van der Waals surface area contributed by atoms with E-state index >= 15 is 0 Å². The van der Waals surface area contributed by atoms with Gasteiger partial charge in [-0.3, -0.25) is 9.69 Å². The Bertz CT molecular complexity index is 648. The summed E-state index contributed by atoms with van der Waals surface area (Å²) in [5.41, 5.74) is 0.441. The van der Waals surface area contributed by atoms with E-state index in [2.05, 4.69) is 29.0 Å². The summed E-state index contributed by atoms with van der Waals surface area (Å²) in [7, 11) is 0. The maximum absolute atomic E-state index is 12.4. The number of carbonyl (C=O) groups is 1. The van der Waals surface area contributed by atoms with Crippen LogP contribution in [0.25, 0.3) is 10.8 Å². The molecule has 1 atom stereocenters. The van der Waals surface area contributed by atoms with Crippen LogP contribution >= 0.6 is 11.3 Å². The average molecular weight is 349 g/mol. The van der Waals surface area contributed by atoms with Crippen LogP contribution in [0.4, 0.5) is 0 Å².